The van der Waals surface area contributed by atoms with E-state index in [0.717, 1.165) is 19.6 Å². The Morgan fingerprint density at radius 2 is 1.94 bits per heavy atom. The number of aromatic nitrogens is 1. The van der Waals surface area contributed by atoms with Crippen molar-refractivity contribution in [2.45, 2.75) is 18.7 Å². The number of hydrogen-bond acceptors (Lipinski definition) is 6. The largest absolute Gasteiger partial charge is 0.380 e. The van der Waals surface area contributed by atoms with Crippen LogP contribution in [0.1, 0.15) is 12.7 Å². The first-order chi connectivity index (χ1) is 8.46. The number of aryl methyl sites for hydroxylation is 1. The van der Waals surface area contributed by atoms with Gasteiger partial charge in [0.25, 0.3) is 0 Å². The van der Waals surface area contributed by atoms with Gasteiger partial charge in [-0.3, -0.25) is 0 Å². The molecule has 1 aliphatic rings. The van der Waals surface area contributed by atoms with E-state index in [0.29, 0.717) is 13.1 Å². The molecule has 2 rings (SSSR count). The lowest BCUT2D eigenvalue weighted by Crippen LogP contribution is -2.48. The second-order valence-electron chi connectivity index (χ2n) is 4.29. The third kappa shape index (κ3) is 2.23. The standard InChI is InChI=1S/C10H18N4O3S/c1-3-13-4-6-14(7-5-13)18(15,16)9-8(2)17-12-10(9)11/h3-7H2,1-2H3,(H2,11,12). The quantitative estimate of drug-likeness (QED) is 0.827. The van der Waals surface area contributed by atoms with Gasteiger partial charge in [0.05, 0.1) is 0 Å². The summed E-state index contributed by atoms with van der Waals surface area (Å²) in [6.07, 6.45) is 0. The molecule has 0 bridgehead atoms. The highest BCUT2D eigenvalue weighted by molar-refractivity contribution is 7.89. The molecule has 1 aromatic heterocycles. The fraction of sp³-hybridized carbons (Fsp3) is 0.700. The number of likely N-dealkylation sites (N-methyl/N-ethyl adjacent to an activating group) is 1. The van der Waals surface area contributed by atoms with E-state index >= 15 is 0 Å². The van der Waals surface area contributed by atoms with Crippen LogP contribution in [0, 0.1) is 6.92 Å². The zero-order valence-electron chi connectivity index (χ0n) is 10.6. The predicted molar refractivity (Wildman–Crippen MR) is 66.5 cm³/mol. The molecule has 102 valence electrons. The van der Waals surface area contributed by atoms with Gasteiger partial charge in [0.15, 0.2) is 16.5 Å². The van der Waals surface area contributed by atoms with Crippen molar-refractivity contribution in [3.8, 4) is 0 Å². The maximum absolute atomic E-state index is 12.4. The molecular weight excluding hydrogens is 256 g/mol. The molecule has 1 saturated heterocycles. The molecule has 8 heteroatoms. The van der Waals surface area contributed by atoms with Crippen LogP contribution >= 0.6 is 0 Å². The minimum Gasteiger partial charge on any atom is -0.380 e. The van der Waals surface area contributed by atoms with E-state index in [-0.39, 0.29) is 16.5 Å². The van der Waals surface area contributed by atoms with E-state index in [9.17, 15) is 8.42 Å². The highest BCUT2D eigenvalue weighted by Crippen LogP contribution is 2.25. The van der Waals surface area contributed by atoms with Gasteiger partial charge in [-0.15, -0.1) is 0 Å². The molecule has 0 spiro atoms. The molecule has 1 aromatic rings. The Labute approximate surface area is 107 Å². The molecule has 1 aliphatic heterocycles. The molecule has 0 saturated carbocycles. The molecule has 0 aromatic carbocycles. The number of anilines is 1. The van der Waals surface area contributed by atoms with Gasteiger partial charge in [-0.25, -0.2) is 8.42 Å². The first-order valence-electron chi connectivity index (χ1n) is 5.91. The lowest BCUT2D eigenvalue weighted by molar-refractivity contribution is 0.196. The van der Waals surface area contributed by atoms with Gasteiger partial charge >= 0.3 is 0 Å². The smallest absolute Gasteiger partial charge is 0.250 e. The average molecular weight is 274 g/mol. The van der Waals surface area contributed by atoms with Crippen molar-refractivity contribution in [3.63, 3.8) is 0 Å². The van der Waals surface area contributed by atoms with Gasteiger partial charge in [0, 0.05) is 26.2 Å². The van der Waals surface area contributed by atoms with Gasteiger partial charge in [-0.2, -0.15) is 4.31 Å². The average Bonchev–Trinajstić information content (AvgIpc) is 2.69. The van der Waals surface area contributed by atoms with E-state index in [1.807, 2.05) is 0 Å². The van der Waals surface area contributed by atoms with Crippen LogP contribution in [0.25, 0.3) is 0 Å². The van der Waals surface area contributed by atoms with Crippen molar-refractivity contribution in [2.75, 3.05) is 38.5 Å². The molecule has 0 atom stereocenters. The summed E-state index contributed by atoms with van der Waals surface area (Å²) in [5.74, 6) is 0.177. The topological polar surface area (TPSA) is 92.7 Å². The second kappa shape index (κ2) is 4.87. The minimum atomic E-state index is -3.59. The normalized spacial score (nSPS) is 19.2. The monoisotopic (exact) mass is 274 g/mol. The second-order valence-corrected chi connectivity index (χ2v) is 6.17. The SMILES string of the molecule is CCN1CCN(S(=O)(=O)c2c(N)noc2C)CC1. The Bertz CT molecular complexity index is 498. The van der Waals surface area contributed by atoms with Crippen molar-refractivity contribution >= 4 is 15.8 Å². The van der Waals surface area contributed by atoms with Crippen molar-refractivity contribution in [1.29, 1.82) is 0 Å². The van der Waals surface area contributed by atoms with Crippen molar-refractivity contribution < 1.29 is 12.9 Å². The summed E-state index contributed by atoms with van der Waals surface area (Å²) in [4.78, 5) is 2.21. The third-order valence-electron chi connectivity index (χ3n) is 3.21. The first-order valence-corrected chi connectivity index (χ1v) is 7.35. The molecule has 0 unspecified atom stereocenters. The van der Waals surface area contributed by atoms with Crippen molar-refractivity contribution in [1.82, 2.24) is 14.4 Å². The highest BCUT2D eigenvalue weighted by Gasteiger charge is 2.33. The fourth-order valence-corrected chi connectivity index (χ4v) is 3.71. The first kappa shape index (κ1) is 13.3. The highest BCUT2D eigenvalue weighted by atomic mass is 32.2. The molecular formula is C10H18N4O3S. The summed E-state index contributed by atoms with van der Waals surface area (Å²) >= 11 is 0. The van der Waals surface area contributed by atoms with E-state index < -0.39 is 10.0 Å². The molecule has 2 N–H and O–H groups in total. The third-order valence-corrected chi connectivity index (χ3v) is 5.27. The van der Waals surface area contributed by atoms with Gasteiger partial charge in [0.1, 0.15) is 0 Å². The van der Waals surface area contributed by atoms with Crippen LogP contribution in [-0.4, -0.2) is 55.5 Å². The molecule has 7 nitrogen and oxygen atoms in total. The summed E-state index contributed by atoms with van der Waals surface area (Å²) in [7, 11) is -3.59. The molecule has 0 radical (unpaired) electrons. The maximum Gasteiger partial charge on any atom is 0.250 e. The summed E-state index contributed by atoms with van der Waals surface area (Å²) in [6, 6.07) is 0. The van der Waals surface area contributed by atoms with Crippen LogP contribution in [0.15, 0.2) is 9.42 Å². The van der Waals surface area contributed by atoms with E-state index in [1.54, 1.807) is 6.92 Å². The van der Waals surface area contributed by atoms with Crippen LogP contribution in [0.3, 0.4) is 0 Å². The number of piperazine rings is 1. The Balaban J connectivity index is 2.23. The Morgan fingerprint density at radius 3 is 2.39 bits per heavy atom. The van der Waals surface area contributed by atoms with Gasteiger partial charge in [-0.1, -0.05) is 12.1 Å². The number of nitrogens with zero attached hydrogens (tertiary/aromatic N) is 3. The number of hydrogen-bond donors (Lipinski definition) is 1. The summed E-state index contributed by atoms with van der Waals surface area (Å²) in [5.41, 5.74) is 5.57. The Morgan fingerprint density at radius 1 is 1.33 bits per heavy atom. The van der Waals surface area contributed by atoms with Gasteiger partial charge in [-0.05, 0) is 13.5 Å². The van der Waals surface area contributed by atoms with Crippen LogP contribution in [0.2, 0.25) is 0 Å². The van der Waals surface area contributed by atoms with Crippen LogP contribution in [0.4, 0.5) is 5.82 Å². The molecule has 0 amide bonds. The van der Waals surface area contributed by atoms with Crippen LogP contribution in [0.5, 0.6) is 0 Å². The number of rotatable bonds is 3. The van der Waals surface area contributed by atoms with Gasteiger partial charge < -0.3 is 15.2 Å². The summed E-state index contributed by atoms with van der Waals surface area (Å²) in [6.45, 7) is 6.97. The van der Waals surface area contributed by atoms with Crippen molar-refractivity contribution in [2.24, 2.45) is 0 Å². The summed E-state index contributed by atoms with van der Waals surface area (Å²) < 4.78 is 31.1. The number of sulfonamides is 1. The number of nitrogens with two attached hydrogens (primary N) is 1. The molecule has 18 heavy (non-hydrogen) atoms. The molecule has 1 fully saturated rings. The molecule has 0 aliphatic carbocycles. The maximum atomic E-state index is 12.4. The van der Waals surface area contributed by atoms with E-state index in [1.165, 1.54) is 4.31 Å². The number of nitrogen functional groups attached to an aromatic ring is 1. The summed E-state index contributed by atoms with van der Waals surface area (Å²) in [5, 5.41) is 3.49. The zero-order valence-corrected chi connectivity index (χ0v) is 11.4. The van der Waals surface area contributed by atoms with Crippen molar-refractivity contribution in [3.05, 3.63) is 5.76 Å². The predicted octanol–water partition coefficient (Wildman–Crippen LogP) is -0.109. The van der Waals surface area contributed by atoms with E-state index in [4.69, 9.17) is 10.3 Å². The molecule has 2 heterocycles. The Kier molecular flexibility index (Phi) is 3.60. The van der Waals surface area contributed by atoms with Crippen LogP contribution in [-0.2, 0) is 10.0 Å². The van der Waals surface area contributed by atoms with Gasteiger partial charge in [0.2, 0.25) is 10.0 Å². The van der Waals surface area contributed by atoms with E-state index in [2.05, 4.69) is 17.0 Å². The lowest BCUT2D eigenvalue weighted by Gasteiger charge is -2.32. The minimum absolute atomic E-state index is 0.00690. The Hall–Kier alpha value is -1.12. The van der Waals surface area contributed by atoms with Crippen LogP contribution < -0.4 is 5.73 Å². The zero-order chi connectivity index (χ0) is 13.3. The lowest BCUT2D eigenvalue weighted by atomic mass is 10.4. The fourth-order valence-electron chi connectivity index (χ4n) is 2.11.